The molecule has 0 aliphatic rings. The number of carbonyl (C=O) groups excluding carboxylic acids is 2. The van der Waals surface area contributed by atoms with Crippen LogP contribution in [0.2, 0.25) is 0 Å². The topological polar surface area (TPSA) is 103 Å². The fourth-order valence-corrected chi connectivity index (χ4v) is 0.327. The number of hydrogen-bond donors (Lipinski definition) is 1. The fraction of sp³-hybridized carbons (Fsp3) is 0.200. The Morgan fingerprint density at radius 3 is 2.55 bits per heavy atom. The summed E-state index contributed by atoms with van der Waals surface area (Å²) in [6, 6.07) is 0. The zero-order valence-electron chi connectivity index (χ0n) is 5.68. The molecule has 11 heavy (non-hydrogen) atoms. The molecule has 0 heterocycles. The Hall–Kier alpha value is -1.81. The smallest absolute Gasteiger partial charge is 0.292 e. The van der Waals surface area contributed by atoms with Gasteiger partial charge in [-0.15, -0.1) is 0 Å². The minimum absolute atomic E-state index is 0.720. The van der Waals surface area contributed by atoms with Gasteiger partial charge in [0.25, 0.3) is 11.7 Å². The van der Waals surface area contributed by atoms with Crippen molar-refractivity contribution in [1.29, 1.82) is 0 Å². The van der Waals surface area contributed by atoms with E-state index in [4.69, 9.17) is 10.6 Å². The maximum atomic E-state index is 10.5. The monoisotopic (exact) mass is 155 g/mol. The van der Waals surface area contributed by atoms with Gasteiger partial charge in [0.2, 0.25) is 0 Å². The molecular formula is C5H5N3O3. The van der Waals surface area contributed by atoms with Gasteiger partial charge >= 0.3 is 0 Å². The van der Waals surface area contributed by atoms with Crippen molar-refractivity contribution >= 4 is 11.7 Å². The molecule has 0 aliphatic heterocycles. The average Bonchev–Trinajstić information content (AvgIpc) is 2.02. The van der Waals surface area contributed by atoms with Gasteiger partial charge in [0.05, 0.1) is 0 Å². The number of Topliss-reactive ketones (excluding diaryl/α,β-unsaturated/α-hetero) is 1. The molecule has 0 atom stereocenters. The maximum absolute atomic E-state index is 10.5. The number of hydrogen-bond acceptors (Lipinski definition) is 3. The summed E-state index contributed by atoms with van der Waals surface area (Å²) in [6.45, 7) is 1.37. The number of aliphatic hydroxyl groups excluding tert-OH is 1. The molecule has 1 N–H and O–H groups in total. The van der Waals surface area contributed by atoms with Crippen molar-refractivity contribution in [2.45, 2.75) is 6.92 Å². The van der Waals surface area contributed by atoms with E-state index in [1.165, 1.54) is 6.92 Å². The Labute approximate surface area is 61.8 Å². The zero-order chi connectivity index (χ0) is 8.85. The summed E-state index contributed by atoms with van der Waals surface area (Å²) >= 11 is 0. The van der Waals surface area contributed by atoms with Crippen LogP contribution in [0.15, 0.2) is 16.9 Å². The lowest BCUT2D eigenvalue weighted by molar-refractivity contribution is -0.135. The van der Waals surface area contributed by atoms with Gasteiger partial charge in [-0.05, 0) is 23.6 Å². The SMILES string of the molecule is C/C=C(\O)C(=O)C(=O)N=[N+]=[N-]. The first-order valence-electron chi connectivity index (χ1n) is 2.62. The summed E-state index contributed by atoms with van der Waals surface area (Å²) < 4.78 is 0. The van der Waals surface area contributed by atoms with Gasteiger partial charge in [0.1, 0.15) is 0 Å². The molecule has 0 spiro atoms. The molecule has 0 bridgehead atoms. The molecule has 0 radical (unpaired) electrons. The van der Waals surface area contributed by atoms with E-state index in [0.717, 1.165) is 6.08 Å². The third-order valence-electron chi connectivity index (χ3n) is 0.836. The van der Waals surface area contributed by atoms with E-state index in [9.17, 15) is 9.59 Å². The van der Waals surface area contributed by atoms with Crippen LogP contribution in [0.25, 0.3) is 10.4 Å². The normalized spacial score (nSPS) is 10.1. The molecule has 0 aromatic rings. The molecule has 58 valence electrons. The molecule has 0 saturated carbocycles. The third-order valence-corrected chi connectivity index (χ3v) is 0.836. The summed E-state index contributed by atoms with van der Waals surface area (Å²) in [6.07, 6.45) is 1.03. The maximum Gasteiger partial charge on any atom is 0.292 e. The highest BCUT2D eigenvalue weighted by molar-refractivity contribution is 6.42. The third kappa shape index (κ3) is 2.51. The molecule has 0 aromatic heterocycles. The lowest BCUT2D eigenvalue weighted by Crippen LogP contribution is -2.12. The highest BCUT2D eigenvalue weighted by atomic mass is 16.3. The lowest BCUT2D eigenvalue weighted by atomic mass is 10.3. The van der Waals surface area contributed by atoms with Crippen LogP contribution >= 0.6 is 0 Å². The number of azide groups is 1. The van der Waals surface area contributed by atoms with E-state index in [0.29, 0.717) is 0 Å². The lowest BCUT2D eigenvalue weighted by Gasteiger charge is -1.89. The number of carbonyl (C=O) groups is 2. The van der Waals surface area contributed by atoms with Gasteiger partial charge in [-0.1, -0.05) is 0 Å². The first kappa shape index (κ1) is 9.19. The molecule has 0 saturated heterocycles. The number of amides is 1. The van der Waals surface area contributed by atoms with E-state index in [-0.39, 0.29) is 0 Å². The average molecular weight is 155 g/mol. The molecule has 1 amide bonds. The van der Waals surface area contributed by atoms with Crippen molar-refractivity contribution in [3.8, 4) is 0 Å². The molecule has 0 aromatic carbocycles. The second-order valence-electron chi connectivity index (χ2n) is 1.50. The van der Waals surface area contributed by atoms with E-state index in [2.05, 4.69) is 10.0 Å². The van der Waals surface area contributed by atoms with E-state index < -0.39 is 17.4 Å². The molecule has 0 aliphatic carbocycles. The first-order valence-corrected chi connectivity index (χ1v) is 2.62. The minimum Gasteiger partial charge on any atom is -0.504 e. The standard InChI is InChI=1S/C5H5N3O3/c1-2-3(9)4(10)5(11)7-8-6/h2,9H,1H3/b3-2-. The first-order chi connectivity index (χ1) is 5.13. The second-order valence-corrected chi connectivity index (χ2v) is 1.50. The van der Waals surface area contributed by atoms with Crippen LogP contribution in [-0.4, -0.2) is 16.8 Å². The molecule has 0 fully saturated rings. The van der Waals surface area contributed by atoms with Gasteiger partial charge < -0.3 is 5.11 Å². The second kappa shape index (κ2) is 4.08. The molecule has 6 nitrogen and oxygen atoms in total. The summed E-state index contributed by atoms with van der Waals surface area (Å²) in [4.78, 5) is 23.0. The van der Waals surface area contributed by atoms with Crippen molar-refractivity contribution < 1.29 is 14.7 Å². The summed E-state index contributed by atoms with van der Waals surface area (Å²) in [5.74, 6) is -3.24. The van der Waals surface area contributed by atoms with Gasteiger partial charge in [-0.3, -0.25) is 9.59 Å². The Balaban J connectivity index is 4.51. The Morgan fingerprint density at radius 2 is 2.18 bits per heavy atom. The summed E-state index contributed by atoms with van der Waals surface area (Å²) in [5, 5.41) is 11.1. The molecule has 0 unspecified atom stereocenters. The van der Waals surface area contributed by atoms with Crippen molar-refractivity contribution in [2.75, 3.05) is 0 Å². The summed E-state index contributed by atoms with van der Waals surface area (Å²) in [5.41, 5.74) is 7.72. The van der Waals surface area contributed by atoms with Crippen molar-refractivity contribution in [3.05, 3.63) is 22.3 Å². The van der Waals surface area contributed by atoms with Gasteiger partial charge in [-0.25, -0.2) is 0 Å². The highest BCUT2D eigenvalue weighted by Gasteiger charge is 2.14. The van der Waals surface area contributed by atoms with E-state index in [1.807, 2.05) is 0 Å². The van der Waals surface area contributed by atoms with Crippen LogP contribution in [0, 0.1) is 0 Å². The van der Waals surface area contributed by atoms with Crippen LogP contribution in [0.4, 0.5) is 0 Å². The molecule has 0 rings (SSSR count). The van der Waals surface area contributed by atoms with Gasteiger partial charge in [0.15, 0.2) is 5.76 Å². The summed E-state index contributed by atoms with van der Waals surface area (Å²) in [7, 11) is 0. The van der Waals surface area contributed by atoms with Gasteiger partial charge in [0, 0.05) is 4.91 Å². The predicted molar refractivity (Wildman–Crippen MR) is 35.5 cm³/mol. The molecular weight excluding hydrogens is 150 g/mol. The van der Waals surface area contributed by atoms with E-state index >= 15 is 0 Å². The van der Waals surface area contributed by atoms with Crippen LogP contribution in [0.5, 0.6) is 0 Å². The van der Waals surface area contributed by atoms with Crippen LogP contribution in [0.3, 0.4) is 0 Å². The Bertz CT molecular complexity index is 262. The Kier molecular flexibility index (Phi) is 3.41. The number of ketones is 1. The van der Waals surface area contributed by atoms with Gasteiger partial charge in [-0.2, -0.15) is 0 Å². The molecule has 6 heteroatoms. The van der Waals surface area contributed by atoms with Crippen LogP contribution in [-0.2, 0) is 9.59 Å². The number of allylic oxidation sites excluding steroid dienone is 1. The minimum atomic E-state index is -1.32. The highest BCUT2D eigenvalue weighted by Crippen LogP contribution is 1.92. The number of rotatable bonds is 2. The van der Waals surface area contributed by atoms with Crippen molar-refractivity contribution in [1.82, 2.24) is 0 Å². The fourth-order valence-electron chi connectivity index (χ4n) is 0.327. The number of nitrogens with zero attached hydrogens (tertiary/aromatic N) is 3. The quantitative estimate of drug-likeness (QED) is 0.159. The van der Waals surface area contributed by atoms with E-state index in [1.54, 1.807) is 0 Å². The Morgan fingerprint density at radius 1 is 1.64 bits per heavy atom. The number of aliphatic hydroxyl groups is 1. The van der Waals surface area contributed by atoms with Crippen molar-refractivity contribution in [3.63, 3.8) is 0 Å². The van der Waals surface area contributed by atoms with Crippen molar-refractivity contribution in [2.24, 2.45) is 5.11 Å². The zero-order valence-corrected chi connectivity index (χ0v) is 5.68. The van der Waals surface area contributed by atoms with Crippen LogP contribution in [0.1, 0.15) is 6.92 Å². The van der Waals surface area contributed by atoms with Crippen LogP contribution < -0.4 is 0 Å². The predicted octanol–water partition coefficient (Wildman–Crippen LogP) is 0.854. The largest absolute Gasteiger partial charge is 0.504 e.